The number of rotatable bonds is 6. The summed E-state index contributed by atoms with van der Waals surface area (Å²) in [6.07, 6.45) is 2.65. The molecule has 0 amide bonds. The minimum Gasteiger partial charge on any atom is -0.469 e. The Morgan fingerprint density at radius 2 is 2.00 bits per heavy atom. The molecule has 0 aromatic carbocycles. The fourth-order valence-corrected chi connectivity index (χ4v) is 1.94. The SMILES string of the molecule is COC(=O)C(C)CNCC1(C(C)C)CC1. The number of methoxy groups -OCH3 is 1. The lowest BCUT2D eigenvalue weighted by molar-refractivity contribution is -0.144. The van der Waals surface area contributed by atoms with E-state index >= 15 is 0 Å². The van der Waals surface area contributed by atoms with Gasteiger partial charge in [0.05, 0.1) is 13.0 Å². The Kier molecular flexibility index (Phi) is 4.14. The van der Waals surface area contributed by atoms with Gasteiger partial charge >= 0.3 is 5.97 Å². The summed E-state index contributed by atoms with van der Waals surface area (Å²) in [5.74, 6) is 0.563. The van der Waals surface area contributed by atoms with Crippen molar-refractivity contribution in [3.05, 3.63) is 0 Å². The Bertz CT molecular complexity index is 222. The van der Waals surface area contributed by atoms with Crippen molar-refractivity contribution in [3.63, 3.8) is 0 Å². The van der Waals surface area contributed by atoms with Gasteiger partial charge in [0.1, 0.15) is 0 Å². The van der Waals surface area contributed by atoms with Gasteiger partial charge < -0.3 is 10.1 Å². The molecule has 1 aliphatic carbocycles. The predicted molar refractivity (Wildman–Crippen MR) is 60.6 cm³/mol. The smallest absolute Gasteiger partial charge is 0.309 e. The summed E-state index contributed by atoms with van der Waals surface area (Å²) in [5.41, 5.74) is 0.510. The molecule has 1 saturated carbocycles. The Morgan fingerprint density at radius 1 is 1.40 bits per heavy atom. The van der Waals surface area contributed by atoms with Gasteiger partial charge in [0.25, 0.3) is 0 Å². The summed E-state index contributed by atoms with van der Waals surface area (Å²) in [7, 11) is 1.44. The first-order valence-corrected chi connectivity index (χ1v) is 5.80. The second-order valence-corrected chi connectivity index (χ2v) is 5.07. The van der Waals surface area contributed by atoms with Crippen molar-refractivity contribution < 1.29 is 9.53 Å². The number of carbonyl (C=O) groups is 1. The van der Waals surface area contributed by atoms with Gasteiger partial charge in [-0.3, -0.25) is 4.79 Å². The molecule has 1 aliphatic rings. The second-order valence-electron chi connectivity index (χ2n) is 5.07. The van der Waals surface area contributed by atoms with E-state index in [9.17, 15) is 4.79 Å². The fraction of sp³-hybridized carbons (Fsp3) is 0.917. The average Bonchev–Trinajstić information content (AvgIpc) is 2.97. The Labute approximate surface area is 92.6 Å². The number of esters is 1. The lowest BCUT2D eigenvalue weighted by Gasteiger charge is -2.21. The molecule has 0 bridgehead atoms. The van der Waals surface area contributed by atoms with Crippen molar-refractivity contribution in [1.82, 2.24) is 5.32 Å². The zero-order chi connectivity index (χ0) is 11.5. The molecule has 88 valence electrons. The molecular weight excluding hydrogens is 190 g/mol. The summed E-state index contributed by atoms with van der Waals surface area (Å²) in [4.78, 5) is 11.2. The van der Waals surface area contributed by atoms with Gasteiger partial charge in [0.2, 0.25) is 0 Å². The van der Waals surface area contributed by atoms with Gasteiger partial charge in [-0.05, 0) is 24.2 Å². The number of hydrogen-bond acceptors (Lipinski definition) is 3. The van der Waals surface area contributed by atoms with E-state index in [0.717, 1.165) is 19.0 Å². The summed E-state index contributed by atoms with van der Waals surface area (Å²) >= 11 is 0. The molecule has 15 heavy (non-hydrogen) atoms. The number of ether oxygens (including phenoxy) is 1. The lowest BCUT2D eigenvalue weighted by Crippen LogP contribution is -2.33. The van der Waals surface area contributed by atoms with E-state index in [1.807, 2.05) is 6.92 Å². The number of carbonyl (C=O) groups excluding carboxylic acids is 1. The molecule has 1 rings (SSSR count). The largest absolute Gasteiger partial charge is 0.469 e. The first-order valence-electron chi connectivity index (χ1n) is 5.80. The van der Waals surface area contributed by atoms with Crippen LogP contribution >= 0.6 is 0 Å². The van der Waals surface area contributed by atoms with E-state index < -0.39 is 0 Å². The molecule has 1 N–H and O–H groups in total. The zero-order valence-corrected chi connectivity index (χ0v) is 10.3. The standard InChI is InChI=1S/C12H23NO2/c1-9(2)12(5-6-12)8-13-7-10(3)11(14)15-4/h9-10,13H,5-8H2,1-4H3. The average molecular weight is 213 g/mol. The van der Waals surface area contributed by atoms with Gasteiger partial charge in [-0.25, -0.2) is 0 Å². The van der Waals surface area contributed by atoms with E-state index in [1.54, 1.807) is 0 Å². The number of hydrogen-bond donors (Lipinski definition) is 1. The Morgan fingerprint density at radius 3 is 2.40 bits per heavy atom. The van der Waals surface area contributed by atoms with Crippen LogP contribution in [0.5, 0.6) is 0 Å². The monoisotopic (exact) mass is 213 g/mol. The van der Waals surface area contributed by atoms with Gasteiger partial charge in [-0.2, -0.15) is 0 Å². The zero-order valence-electron chi connectivity index (χ0n) is 10.3. The van der Waals surface area contributed by atoms with E-state index in [4.69, 9.17) is 0 Å². The van der Waals surface area contributed by atoms with Crippen LogP contribution < -0.4 is 5.32 Å². The van der Waals surface area contributed by atoms with Crippen LogP contribution in [0.2, 0.25) is 0 Å². The van der Waals surface area contributed by atoms with Crippen molar-refractivity contribution >= 4 is 5.97 Å². The van der Waals surface area contributed by atoms with Crippen LogP contribution in [0.4, 0.5) is 0 Å². The lowest BCUT2D eigenvalue weighted by atomic mass is 9.92. The predicted octanol–water partition coefficient (Wildman–Crippen LogP) is 1.82. The molecule has 3 nitrogen and oxygen atoms in total. The Hall–Kier alpha value is -0.570. The number of nitrogens with one attached hydrogen (secondary N) is 1. The molecule has 0 radical (unpaired) electrons. The molecule has 0 heterocycles. The third-order valence-corrected chi connectivity index (χ3v) is 3.65. The molecule has 0 aromatic heterocycles. The maximum Gasteiger partial charge on any atom is 0.309 e. The van der Waals surface area contributed by atoms with Gasteiger partial charge in [0.15, 0.2) is 0 Å². The molecule has 3 heteroatoms. The third kappa shape index (κ3) is 3.20. The van der Waals surface area contributed by atoms with E-state index in [0.29, 0.717) is 5.41 Å². The molecule has 1 unspecified atom stereocenters. The van der Waals surface area contributed by atoms with Crippen LogP contribution in [0.15, 0.2) is 0 Å². The van der Waals surface area contributed by atoms with Gasteiger partial charge in [0, 0.05) is 13.1 Å². The molecular formula is C12H23NO2. The summed E-state index contributed by atoms with van der Waals surface area (Å²) < 4.78 is 4.68. The molecule has 0 aliphatic heterocycles. The van der Waals surface area contributed by atoms with E-state index in [1.165, 1.54) is 20.0 Å². The quantitative estimate of drug-likeness (QED) is 0.684. The summed E-state index contributed by atoms with van der Waals surface area (Å²) in [6, 6.07) is 0. The van der Waals surface area contributed by atoms with Crippen molar-refractivity contribution in [2.24, 2.45) is 17.3 Å². The summed E-state index contributed by atoms with van der Waals surface area (Å²) in [5, 5.41) is 3.38. The molecule has 0 saturated heterocycles. The molecule has 0 aromatic rings. The minimum absolute atomic E-state index is 0.0436. The second kappa shape index (κ2) is 4.97. The molecule has 1 atom stereocenters. The highest BCUT2D eigenvalue weighted by Crippen LogP contribution is 2.51. The first-order chi connectivity index (χ1) is 7.02. The highest BCUT2D eigenvalue weighted by atomic mass is 16.5. The van der Waals surface area contributed by atoms with Crippen molar-refractivity contribution in [2.45, 2.75) is 33.6 Å². The van der Waals surface area contributed by atoms with Crippen LogP contribution in [0.25, 0.3) is 0 Å². The maximum absolute atomic E-state index is 11.2. The fourth-order valence-electron chi connectivity index (χ4n) is 1.94. The normalized spacial score (nSPS) is 20.1. The molecule has 0 spiro atoms. The Balaban J connectivity index is 2.19. The van der Waals surface area contributed by atoms with Gasteiger partial charge in [-0.1, -0.05) is 20.8 Å². The van der Waals surface area contributed by atoms with Crippen molar-refractivity contribution in [1.29, 1.82) is 0 Å². The van der Waals surface area contributed by atoms with Gasteiger partial charge in [-0.15, -0.1) is 0 Å². The maximum atomic E-state index is 11.2. The van der Waals surface area contributed by atoms with E-state index in [-0.39, 0.29) is 11.9 Å². The van der Waals surface area contributed by atoms with E-state index in [2.05, 4.69) is 23.9 Å². The first kappa shape index (κ1) is 12.5. The minimum atomic E-state index is -0.128. The van der Waals surface area contributed by atoms with Crippen LogP contribution in [-0.4, -0.2) is 26.2 Å². The van der Waals surface area contributed by atoms with Crippen LogP contribution in [0.3, 0.4) is 0 Å². The van der Waals surface area contributed by atoms with Crippen LogP contribution in [0.1, 0.15) is 33.6 Å². The van der Waals surface area contributed by atoms with Crippen LogP contribution in [0, 0.1) is 17.3 Å². The highest BCUT2D eigenvalue weighted by Gasteiger charge is 2.44. The van der Waals surface area contributed by atoms with Crippen molar-refractivity contribution in [2.75, 3.05) is 20.2 Å². The molecule has 1 fully saturated rings. The van der Waals surface area contributed by atoms with Crippen molar-refractivity contribution in [3.8, 4) is 0 Å². The topological polar surface area (TPSA) is 38.3 Å². The highest BCUT2D eigenvalue weighted by molar-refractivity contribution is 5.71. The van der Waals surface area contributed by atoms with Crippen LogP contribution in [-0.2, 0) is 9.53 Å². The third-order valence-electron chi connectivity index (χ3n) is 3.65. The summed E-state index contributed by atoms with van der Waals surface area (Å²) in [6.45, 7) is 8.21.